The summed E-state index contributed by atoms with van der Waals surface area (Å²) in [5, 5.41) is 12.4. The molecule has 128 valence electrons. The molecule has 0 saturated heterocycles. The zero-order valence-corrected chi connectivity index (χ0v) is 14.6. The summed E-state index contributed by atoms with van der Waals surface area (Å²) < 4.78 is 0. The Morgan fingerprint density at radius 1 is 1.33 bits per heavy atom. The number of carbonyl (C=O) groups is 2. The first-order valence-electron chi connectivity index (χ1n) is 7.60. The molecule has 1 aromatic carbocycles. The summed E-state index contributed by atoms with van der Waals surface area (Å²) in [6.45, 7) is 5.89. The first-order valence-corrected chi connectivity index (χ1v) is 7.98. The van der Waals surface area contributed by atoms with E-state index in [9.17, 15) is 9.59 Å². The number of halogens is 1. The highest BCUT2D eigenvalue weighted by Crippen LogP contribution is 2.21. The van der Waals surface area contributed by atoms with Gasteiger partial charge < -0.3 is 10.6 Å². The third-order valence-electron chi connectivity index (χ3n) is 3.14. The topological polar surface area (TPSA) is 99.8 Å². The van der Waals surface area contributed by atoms with Gasteiger partial charge in [0.15, 0.2) is 5.82 Å². The Morgan fingerprint density at radius 2 is 2.08 bits per heavy atom. The van der Waals surface area contributed by atoms with E-state index in [0.29, 0.717) is 28.8 Å². The van der Waals surface area contributed by atoms with Crippen LogP contribution in [0.3, 0.4) is 0 Å². The van der Waals surface area contributed by atoms with E-state index < -0.39 is 0 Å². The van der Waals surface area contributed by atoms with E-state index in [1.165, 1.54) is 0 Å². The average Bonchev–Trinajstić information content (AvgIpc) is 2.91. The maximum atomic E-state index is 12.3. The molecule has 0 aliphatic rings. The van der Waals surface area contributed by atoms with Crippen molar-refractivity contribution in [1.82, 2.24) is 20.5 Å². The summed E-state index contributed by atoms with van der Waals surface area (Å²) in [5.41, 5.74) is 0.815. The normalized spacial score (nSPS) is 10.7. The quantitative estimate of drug-likeness (QED) is 0.746. The lowest BCUT2D eigenvalue weighted by Crippen LogP contribution is -2.24. The molecule has 3 N–H and O–H groups in total. The molecular formula is C16H20ClN5O2. The maximum absolute atomic E-state index is 12.3. The number of aryl methyl sites for hydroxylation is 1. The second-order valence-corrected chi connectivity index (χ2v) is 6.27. The Bertz CT molecular complexity index is 742. The smallest absolute Gasteiger partial charge is 0.253 e. The fraction of sp³-hybridized carbons (Fsp3) is 0.375. The van der Waals surface area contributed by atoms with Gasteiger partial charge in [0.25, 0.3) is 5.91 Å². The van der Waals surface area contributed by atoms with E-state index in [-0.39, 0.29) is 29.8 Å². The van der Waals surface area contributed by atoms with Crippen LogP contribution < -0.4 is 10.6 Å². The molecule has 0 radical (unpaired) electrons. The first kappa shape index (κ1) is 17.9. The van der Waals surface area contributed by atoms with Crippen LogP contribution in [0.5, 0.6) is 0 Å². The van der Waals surface area contributed by atoms with Crippen LogP contribution in [-0.2, 0) is 11.3 Å². The zero-order chi connectivity index (χ0) is 17.7. The van der Waals surface area contributed by atoms with Crippen LogP contribution in [0.15, 0.2) is 18.2 Å². The van der Waals surface area contributed by atoms with E-state index >= 15 is 0 Å². The number of aromatic nitrogens is 3. The predicted molar refractivity (Wildman–Crippen MR) is 91.8 cm³/mol. The molecule has 0 atom stereocenters. The molecule has 7 nitrogen and oxygen atoms in total. The molecule has 0 saturated carbocycles. The number of H-pyrrole nitrogens is 1. The SMILES string of the molecule is Cc1nc(CNC(=O)c2cc(NC(=O)CC(C)C)ccc2Cl)n[nH]1. The van der Waals surface area contributed by atoms with Crippen LogP contribution in [0.1, 0.15) is 42.3 Å². The number of nitrogens with zero attached hydrogens (tertiary/aromatic N) is 2. The molecule has 0 bridgehead atoms. The van der Waals surface area contributed by atoms with Crippen molar-refractivity contribution in [2.24, 2.45) is 5.92 Å². The van der Waals surface area contributed by atoms with Crippen molar-refractivity contribution in [3.8, 4) is 0 Å². The Morgan fingerprint density at radius 3 is 2.71 bits per heavy atom. The van der Waals surface area contributed by atoms with Crippen molar-refractivity contribution in [3.63, 3.8) is 0 Å². The van der Waals surface area contributed by atoms with Crippen LogP contribution in [0, 0.1) is 12.8 Å². The molecule has 0 aliphatic heterocycles. The number of anilines is 1. The van der Waals surface area contributed by atoms with Gasteiger partial charge in [0, 0.05) is 12.1 Å². The second kappa shape index (κ2) is 7.92. The molecule has 0 unspecified atom stereocenters. The lowest BCUT2D eigenvalue weighted by atomic mass is 10.1. The van der Waals surface area contributed by atoms with Crippen molar-refractivity contribution >= 4 is 29.1 Å². The minimum atomic E-state index is -0.359. The van der Waals surface area contributed by atoms with Gasteiger partial charge in [0.2, 0.25) is 5.91 Å². The Kier molecular flexibility index (Phi) is 5.92. The van der Waals surface area contributed by atoms with E-state index in [2.05, 4.69) is 25.8 Å². The summed E-state index contributed by atoms with van der Waals surface area (Å²) in [4.78, 5) is 28.2. The van der Waals surface area contributed by atoms with Gasteiger partial charge in [0.05, 0.1) is 17.1 Å². The Hall–Kier alpha value is -2.41. The number of hydrogen-bond donors (Lipinski definition) is 3. The van der Waals surface area contributed by atoms with Crippen molar-refractivity contribution < 1.29 is 9.59 Å². The molecule has 2 amide bonds. The highest BCUT2D eigenvalue weighted by molar-refractivity contribution is 6.34. The molecule has 0 fully saturated rings. The number of hydrogen-bond acceptors (Lipinski definition) is 4. The number of nitrogens with one attached hydrogen (secondary N) is 3. The molecule has 2 aromatic rings. The van der Waals surface area contributed by atoms with Crippen molar-refractivity contribution in [2.45, 2.75) is 33.7 Å². The number of carbonyl (C=O) groups excluding carboxylic acids is 2. The van der Waals surface area contributed by atoms with E-state index in [0.717, 1.165) is 0 Å². The minimum absolute atomic E-state index is 0.102. The molecule has 1 aromatic heterocycles. The van der Waals surface area contributed by atoms with E-state index in [1.54, 1.807) is 25.1 Å². The van der Waals surface area contributed by atoms with Gasteiger partial charge in [-0.1, -0.05) is 25.4 Å². The Balaban J connectivity index is 2.04. The summed E-state index contributed by atoms with van der Waals surface area (Å²) in [7, 11) is 0. The fourth-order valence-corrected chi connectivity index (χ4v) is 2.29. The molecule has 0 spiro atoms. The van der Waals surface area contributed by atoms with Crippen LogP contribution in [-0.4, -0.2) is 27.0 Å². The highest BCUT2D eigenvalue weighted by Gasteiger charge is 2.13. The monoisotopic (exact) mass is 349 g/mol. The van der Waals surface area contributed by atoms with Crippen molar-refractivity contribution in [1.29, 1.82) is 0 Å². The van der Waals surface area contributed by atoms with E-state index in [4.69, 9.17) is 11.6 Å². The van der Waals surface area contributed by atoms with E-state index in [1.807, 2.05) is 13.8 Å². The molecule has 8 heteroatoms. The summed E-state index contributed by atoms with van der Waals surface area (Å²) >= 11 is 6.09. The third kappa shape index (κ3) is 5.06. The van der Waals surface area contributed by atoms with Crippen molar-refractivity contribution in [2.75, 3.05) is 5.32 Å². The van der Waals surface area contributed by atoms with Gasteiger partial charge in [-0.15, -0.1) is 0 Å². The number of aromatic amines is 1. The average molecular weight is 350 g/mol. The van der Waals surface area contributed by atoms with Gasteiger partial charge >= 0.3 is 0 Å². The molecule has 1 heterocycles. The zero-order valence-electron chi connectivity index (χ0n) is 13.8. The highest BCUT2D eigenvalue weighted by atomic mass is 35.5. The fourth-order valence-electron chi connectivity index (χ4n) is 2.08. The van der Waals surface area contributed by atoms with Crippen LogP contribution in [0.25, 0.3) is 0 Å². The largest absolute Gasteiger partial charge is 0.345 e. The lowest BCUT2D eigenvalue weighted by molar-refractivity contribution is -0.116. The minimum Gasteiger partial charge on any atom is -0.345 e. The van der Waals surface area contributed by atoms with Gasteiger partial charge in [-0.3, -0.25) is 14.7 Å². The number of rotatable bonds is 6. The van der Waals surface area contributed by atoms with Crippen molar-refractivity contribution in [3.05, 3.63) is 40.4 Å². The van der Waals surface area contributed by atoms with Crippen LogP contribution >= 0.6 is 11.6 Å². The maximum Gasteiger partial charge on any atom is 0.253 e. The number of amides is 2. The summed E-state index contributed by atoms with van der Waals surface area (Å²) in [5.74, 6) is 0.952. The van der Waals surface area contributed by atoms with Gasteiger partial charge in [-0.05, 0) is 31.0 Å². The first-order chi connectivity index (χ1) is 11.3. The molecular weight excluding hydrogens is 330 g/mol. The van der Waals surface area contributed by atoms with Gasteiger partial charge in [-0.25, -0.2) is 4.98 Å². The van der Waals surface area contributed by atoms with Gasteiger partial charge in [-0.2, -0.15) is 5.10 Å². The Labute approximate surface area is 145 Å². The summed E-state index contributed by atoms with van der Waals surface area (Å²) in [6, 6.07) is 4.80. The third-order valence-corrected chi connectivity index (χ3v) is 3.47. The van der Waals surface area contributed by atoms with Crippen LogP contribution in [0.4, 0.5) is 5.69 Å². The lowest BCUT2D eigenvalue weighted by Gasteiger charge is -2.10. The second-order valence-electron chi connectivity index (χ2n) is 5.86. The molecule has 24 heavy (non-hydrogen) atoms. The van der Waals surface area contributed by atoms with Crippen LogP contribution in [0.2, 0.25) is 5.02 Å². The standard InChI is InChI=1S/C16H20ClN5O2/c1-9(2)6-15(23)20-11-4-5-13(17)12(7-11)16(24)18-8-14-19-10(3)21-22-14/h4-5,7,9H,6,8H2,1-3H3,(H,18,24)(H,20,23)(H,19,21,22). The summed E-state index contributed by atoms with van der Waals surface area (Å²) in [6.07, 6.45) is 0.411. The molecule has 2 rings (SSSR count). The molecule has 0 aliphatic carbocycles. The number of benzene rings is 1. The predicted octanol–water partition coefficient (Wildman–Crippen LogP) is 2.68. The van der Waals surface area contributed by atoms with Gasteiger partial charge in [0.1, 0.15) is 5.82 Å².